The van der Waals surface area contributed by atoms with E-state index in [-0.39, 0.29) is 5.91 Å². The molecular weight excluding hydrogens is 222 g/mol. The minimum atomic E-state index is 0.0639. The molecule has 2 rings (SSSR count). The summed E-state index contributed by atoms with van der Waals surface area (Å²) in [5.41, 5.74) is 0. The van der Waals surface area contributed by atoms with Crippen LogP contribution in [0.15, 0.2) is 40.3 Å². The average molecular weight is 235 g/mol. The van der Waals surface area contributed by atoms with Crippen LogP contribution in [0.25, 0.3) is 0 Å². The van der Waals surface area contributed by atoms with E-state index in [4.69, 9.17) is 4.42 Å². The van der Waals surface area contributed by atoms with Crippen LogP contribution in [0.4, 0.5) is 0 Å². The second-order valence-corrected chi connectivity index (χ2v) is 4.47. The van der Waals surface area contributed by atoms with Gasteiger partial charge in [-0.3, -0.25) is 4.79 Å². The van der Waals surface area contributed by atoms with Crippen LogP contribution in [0.3, 0.4) is 0 Å². The number of rotatable bonds is 5. The molecule has 16 heavy (non-hydrogen) atoms. The third-order valence-corrected chi connectivity index (χ3v) is 3.06. The molecule has 3 nitrogen and oxygen atoms in total. The van der Waals surface area contributed by atoms with Crippen molar-refractivity contribution in [3.05, 3.63) is 46.5 Å². The molecule has 0 radical (unpaired) electrons. The van der Waals surface area contributed by atoms with Crippen molar-refractivity contribution in [3.63, 3.8) is 0 Å². The van der Waals surface area contributed by atoms with Crippen molar-refractivity contribution < 1.29 is 9.21 Å². The molecule has 1 amide bonds. The smallest absolute Gasteiger partial charge is 0.225 e. The normalized spacial score (nSPS) is 10.2. The first-order valence-electron chi connectivity index (χ1n) is 5.16. The van der Waals surface area contributed by atoms with Gasteiger partial charge in [-0.25, -0.2) is 0 Å². The fraction of sp³-hybridized carbons (Fsp3) is 0.250. The van der Waals surface area contributed by atoms with Gasteiger partial charge in [-0.2, -0.15) is 0 Å². The molecule has 0 fully saturated rings. The first-order chi connectivity index (χ1) is 7.84. The molecule has 0 saturated carbocycles. The molecule has 2 aromatic heterocycles. The summed E-state index contributed by atoms with van der Waals surface area (Å²) in [6.07, 6.45) is 2.85. The minimum absolute atomic E-state index is 0.0639. The Kier molecular flexibility index (Phi) is 3.77. The van der Waals surface area contributed by atoms with Gasteiger partial charge in [-0.1, -0.05) is 6.07 Å². The standard InChI is InChI=1S/C12H13NO2S/c14-12(9-11-4-2-8-16-11)13-6-5-10-3-1-7-15-10/h1-4,7-8H,5-6,9H2,(H,13,14). The first-order valence-corrected chi connectivity index (χ1v) is 6.04. The van der Waals surface area contributed by atoms with Crippen molar-refractivity contribution in [2.75, 3.05) is 6.54 Å². The summed E-state index contributed by atoms with van der Waals surface area (Å²) < 4.78 is 5.17. The highest BCUT2D eigenvalue weighted by Crippen LogP contribution is 2.08. The van der Waals surface area contributed by atoms with Crippen LogP contribution in [0.1, 0.15) is 10.6 Å². The predicted molar refractivity (Wildman–Crippen MR) is 63.4 cm³/mol. The number of carbonyl (C=O) groups excluding carboxylic acids is 1. The van der Waals surface area contributed by atoms with Gasteiger partial charge in [-0.15, -0.1) is 11.3 Å². The van der Waals surface area contributed by atoms with Crippen LogP contribution < -0.4 is 5.32 Å². The van der Waals surface area contributed by atoms with E-state index >= 15 is 0 Å². The monoisotopic (exact) mass is 235 g/mol. The number of furan rings is 1. The van der Waals surface area contributed by atoms with E-state index < -0.39 is 0 Å². The summed E-state index contributed by atoms with van der Waals surface area (Å²) in [5.74, 6) is 0.963. The van der Waals surface area contributed by atoms with E-state index in [0.29, 0.717) is 13.0 Å². The van der Waals surface area contributed by atoms with Crippen molar-refractivity contribution in [3.8, 4) is 0 Å². The number of thiophene rings is 1. The minimum Gasteiger partial charge on any atom is -0.469 e. The van der Waals surface area contributed by atoms with Crippen LogP contribution in [0, 0.1) is 0 Å². The second-order valence-electron chi connectivity index (χ2n) is 3.44. The van der Waals surface area contributed by atoms with E-state index in [0.717, 1.165) is 17.1 Å². The molecule has 0 aliphatic carbocycles. The molecule has 0 aromatic carbocycles. The summed E-state index contributed by atoms with van der Waals surface area (Å²) in [6.45, 7) is 0.623. The Balaban J connectivity index is 1.68. The van der Waals surface area contributed by atoms with E-state index in [1.165, 1.54) is 0 Å². The van der Waals surface area contributed by atoms with Crippen LogP contribution in [0.5, 0.6) is 0 Å². The lowest BCUT2D eigenvalue weighted by Crippen LogP contribution is -2.26. The number of hydrogen-bond donors (Lipinski definition) is 1. The van der Waals surface area contributed by atoms with Gasteiger partial charge < -0.3 is 9.73 Å². The number of amides is 1. The zero-order valence-electron chi connectivity index (χ0n) is 8.81. The first kappa shape index (κ1) is 11.0. The maximum atomic E-state index is 11.5. The quantitative estimate of drug-likeness (QED) is 0.863. The lowest BCUT2D eigenvalue weighted by atomic mass is 10.3. The third kappa shape index (κ3) is 3.24. The molecular formula is C12H13NO2S. The van der Waals surface area contributed by atoms with E-state index in [1.807, 2.05) is 29.6 Å². The van der Waals surface area contributed by atoms with Crippen LogP contribution in [-0.4, -0.2) is 12.5 Å². The van der Waals surface area contributed by atoms with Crippen LogP contribution >= 0.6 is 11.3 Å². The van der Waals surface area contributed by atoms with Crippen LogP contribution in [-0.2, 0) is 17.6 Å². The summed E-state index contributed by atoms with van der Waals surface area (Å²) >= 11 is 1.60. The van der Waals surface area contributed by atoms with Gasteiger partial charge in [0.05, 0.1) is 12.7 Å². The molecule has 2 heterocycles. The largest absolute Gasteiger partial charge is 0.469 e. The van der Waals surface area contributed by atoms with E-state index in [1.54, 1.807) is 17.6 Å². The SMILES string of the molecule is O=C(Cc1cccs1)NCCc1ccco1. The molecule has 0 unspecified atom stereocenters. The van der Waals surface area contributed by atoms with Crippen molar-refractivity contribution in [1.29, 1.82) is 0 Å². The van der Waals surface area contributed by atoms with Gasteiger partial charge >= 0.3 is 0 Å². The maximum absolute atomic E-state index is 11.5. The predicted octanol–water partition coefficient (Wildman–Crippen LogP) is 2.24. The Morgan fingerprint density at radius 1 is 1.38 bits per heavy atom. The molecule has 84 valence electrons. The highest BCUT2D eigenvalue weighted by atomic mass is 32.1. The highest BCUT2D eigenvalue weighted by molar-refractivity contribution is 7.10. The molecule has 0 saturated heterocycles. The van der Waals surface area contributed by atoms with Gasteiger partial charge in [0.2, 0.25) is 5.91 Å². The third-order valence-electron chi connectivity index (χ3n) is 2.19. The maximum Gasteiger partial charge on any atom is 0.225 e. The summed E-state index contributed by atoms with van der Waals surface area (Å²) in [4.78, 5) is 12.6. The molecule has 1 N–H and O–H groups in total. The van der Waals surface area contributed by atoms with Crippen molar-refractivity contribution in [1.82, 2.24) is 5.32 Å². The summed E-state index contributed by atoms with van der Waals surface area (Å²) in [6, 6.07) is 7.68. The van der Waals surface area contributed by atoms with Crippen molar-refractivity contribution >= 4 is 17.2 Å². The van der Waals surface area contributed by atoms with Gasteiger partial charge in [0.1, 0.15) is 5.76 Å². The van der Waals surface area contributed by atoms with Gasteiger partial charge in [0.15, 0.2) is 0 Å². The average Bonchev–Trinajstić information content (AvgIpc) is 2.90. The number of nitrogens with one attached hydrogen (secondary N) is 1. The molecule has 0 aliphatic rings. The Hall–Kier alpha value is -1.55. The molecule has 2 aromatic rings. The van der Waals surface area contributed by atoms with E-state index in [9.17, 15) is 4.79 Å². The fourth-order valence-electron chi connectivity index (χ4n) is 1.41. The van der Waals surface area contributed by atoms with Gasteiger partial charge in [0, 0.05) is 17.8 Å². The fourth-order valence-corrected chi connectivity index (χ4v) is 2.12. The number of carbonyl (C=O) groups is 1. The molecule has 0 bridgehead atoms. The summed E-state index contributed by atoms with van der Waals surface area (Å²) in [7, 11) is 0. The zero-order valence-corrected chi connectivity index (χ0v) is 9.63. The molecule has 0 atom stereocenters. The molecule has 0 spiro atoms. The molecule has 4 heteroatoms. The Morgan fingerprint density at radius 3 is 3.00 bits per heavy atom. The number of hydrogen-bond acceptors (Lipinski definition) is 3. The van der Waals surface area contributed by atoms with Gasteiger partial charge in [-0.05, 0) is 23.6 Å². The second kappa shape index (κ2) is 5.51. The summed E-state index contributed by atoms with van der Waals surface area (Å²) in [5, 5.41) is 4.84. The van der Waals surface area contributed by atoms with Gasteiger partial charge in [0.25, 0.3) is 0 Å². The lowest BCUT2D eigenvalue weighted by Gasteiger charge is -2.02. The Morgan fingerprint density at radius 2 is 2.31 bits per heavy atom. The highest BCUT2D eigenvalue weighted by Gasteiger charge is 2.03. The Labute approximate surface area is 98.1 Å². The van der Waals surface area contributed by atoms with Crippen LogP contribution in [0.2, 0.25) is 0 Å². The van der Waals surface area contributed by atoms with E-state index in [2.05, 4.69) is 5.32 Å². The van der Waals surface area contributed by atoms with Crippen molar-refractivity contribution in [2.45, 2.75) is 12.8 Å². The Bertz CT molecular complexity index is 420. The molecule has 0 aliphatic heterocycles. The van der Waals surface area contributed by atoms with Crippen molar-refractivity contribution in [2.24, 2.45) is 0 Å². The topological polar surface area (TPSA) is 42.2 Å². The lowest BCUT2D eigenvalue weighted by molar-refractivity contribution is -0.120. The zero-order chi connectivity index (χ0) is 11.2.